The van der Waals surface area contributed by atoms with Crippen molar-refractivity contribution in [3.63, 3.8) is 0 Å². The summed E-state index contributed by atoms with van der Waals surface area (Å²) in [6, 6.07) is 3.97. The third-order valence-corrected chi connectivity index (χ3v) is 6.81. The Kier molecular flexibility index (Phi) is 8.23. The molecule has 1 aliphatic rings. The molecule has 1 aromatic rings. The Morgan fingerprint density at radius 2 is 1.86 bits per heavy atom. The summed E-state index contributed by atoms with van der Waals surface area (Å²) in [7, 11) is -1.55. The van der Waals surface area contributed by atoms with Gasteiger partial charge in [-0.1, -0.05) is 28.9 Å². The van der Waals surface area contributed by atoms with Gasteiger partial charge in [-0.05, 0) is 31.0 Å². The Hall–Kier alpha value is -1.68. The molecular formula is C18H26ClN3O5S. The van der Waals surface area contributed by atoms with Crippen LogP contribution in [0.5, 0.6) is 0 Å². The number of nitrogens with zero attached hydrogens (tertiary/aromatic N) is 2. The molecule has 0 saturated carbocycles. The highest BCUT2D eigenvalue weighted by Gasteiger charge is 2.25. The average Bonchev–Trinajstić information content (AvgIpc) is 2.96. The molecule has 1 fully saturated rings. The number of amides is 2. The summed E-state index contributed by atoms with van der Waals surface area (Å²) in [5.74, 6) is -0.458. The van der Waals surface area contributed by atoms with Crippen LogP contribution in [0.3, 0.4) is 0 Å². The first-order valence-electron chi connectivity index (χ1n) is 9.16. The third kappa shape index (κ3) is 5.66. The molecule has 0 aromatic heterocycles. The highest BCUT2D eigenvalue weighted by molar-refractivity contribution is 7.89. The number of hydroxylamine groups is 1. The fraction of sp³-hybridized carbons (Fsp3) is 0.556. The molecule has 156 valence electrons. The topological polar surface area (TPSA) is 96.0 Å². The highest BCUT2D eigenvalue weighted by Crippen LogP contribution is 2.25. The van der Waals surface area contributed by atoms with Gasteiger partial charge in [0.25, 0.3) is 15.9 Å². The molecule has 0 spiro atoms. The van der Waals surface area contributed by atoms with Crippen molar-refractivity contribution >= 4 is 33.4 Å². The number of benzene rings is 1. The molecule has 2 amide bonds. The molecule has 0 atom stereocenters. The van der Waals surface area contributed by atoms with Crippen molar-refractivity contribution in [2.75, 3.05) is 33.8 Å². The number of sulfonamides is 1. The van der Waals surface area contributed by atoms with Gasteiger partial charge in [-0.2, -0.15) is 0 Å². The monoisotopic (exact) mass is 431 g/mol. The van der Waals surface area contributed by atoms with Crippen molar-refractivity contribution in [2.45, 2.75) is 37.0 Å². The molecule has 8 nitrogen and oxygen atoms in total. The van der Waals surface area contributed by atoms with E-state index in [2.05, 4.69) is 5.32 Å². The lowest BCUT2D eigenvalue weighted by molar-refractivity contribution is -0.131. The molecule has 1 N–H and O–H groups in total. The fourth-order valence-electron chi connectivity index (χ4n) is 2.94. The maximum atomic E-state index is 12.4. The molecule has 28 heavy (non-hydrogen) atoms. The second kappa shape index (κ2) is 10.2. The second-order valence-corrected chi connectivity index (χ2v) is 8.85. The zero-order valence-electron chi connectivity index (χ0n) is 16.1. The van der Waals surface area contributed by atoms with Gasteiger partial charge in [-0.25, -0.2) is 8.42 Å². The van der Waals surface area contributed by atoms with Gasteiger partial charge in [-0.15, -0.1) is 0 Å². The van der Waals surface area contributed by atoms with Gasteiger partial charge in [-0.3, -0.25) is 14.4 Å². The number of rotatable bonds is 7. The number of hydrogen-bond donors (Lipinski definition) is 1. The van der Waals surface area contributed by atoms with Gasteiger partial charge < -0.3 is 10.2 Å². The number of hydrogen-bond acceptors (Lipinski definition) is 5. The molecule has 0 aliphatic carbocycles. The predicted octanol–water partition coefficient (Wildman–Crippen LogP) is 2.04. The zero-order valence-corrected chi connectivity index (χ0v) is 17.7. The van der Waals surface area contributed by atoms with Gasteiger partial charge in [0.2, 0.25) is 5.91 Å². The quantitative estimate of drug-likeness (QED) is 0.666. The minimum Gasteiger partial charge on any atom is -0.352 e. The smallest absolute Gasteiger partial charge is 0.266 e. The Bertz CT molecular complexity index is 807. The van der Waals surface area contributed by atoms with Crippen LogP contribution < -0.4 is 5.32 Å². The lowest BCUT2D eigenvalue weighted by Gasteiger charge is -2.20. The molecule has 1 aromatic carbocycles. The average molecular weight is 432 g/mol. The summed E-state index contributed by atoms with van der Waals surface area (Å²) < 4.78 is 25.5. The molecule has 2 rings (SSSR count). The minimum atomic E-state index is -3.99. The molecule has 1 saturated heterocycles. The molecule has 1 heterocycles. The standard InChI is InChI=1S/C18H26ClN3O5S/c1-21(27-2)28(25,26)16-13-14(7-8-15(16)19)18(24)20-10-9-17(23)22-11-5-3-4-6-12-22/h7-8,13H,3-6,9-12H2,1-2H3,(H,20,24). The first-order chi connectivity index (χ1) is 13.3. The van der Waals surface area contributed by atoms with E-state index >= 15 is 0 Å². The van der Waals surface area contributed by atoms with Crippen LogP contribution in [0.4, 0.5) is 0 Å². The Morgan fingerprint density at radius 1 is 1.21 bits per heavy atom. The maximum Gasteiger partial charge on any atom is 0.266 e. The van der Waals surface area contributed by atoms with Crippen molar-refractivity contribution in [1.29, 1.82) is 0 Å². The van der Waals surface area contributed by atoms with E-state index < -0.39 is 15.9 Å². The molecule has 0 bridgehead atoms. The van der Waals surface area contributed by atoms with Crippen LogP contribution in [0.25, 0.3) is 0 Å². The van der Waals surface area contributed by atoms with Gasteiger partial charge in [0, 0.05) is 38.7 Å². The number of nitrogens with one attached hydrogen (secondary N) is 1. The summed E-state index contributed by atoms with van der Waals surface area (Å²) in [4.78, 5) is 31.0. The van der Waals surface area contributed by atoms with E-state index in [0.29, 0.717) is 4.47 Å². The fourth-order valence-corrected chi connectivity index (χ4v) is 4.42. The molecular weight excluding hydrogens is 406 g/mol. The minimum absolute atomic E-state index is 0.0169. The van der Waals surface area contributed by atoms with Crippen LogP contribution in [0.1, 0.15) is 42.5 Å². The summed E-state index contributed by atoms with van der Waals surface area (Å²) in [6.45, 7) is 1.70. The van der Waals surface area contributed by atoms with Crippen LogP contribution in [0.15, 0.2) is 23.1 Å². The Labute approximate surface area is 170 Å². The van der Waals surface area contributed by atoms with Crippen molar-refractivity contribution in [3.05, 3.63) is 28.8 Å². The normalized spacial score (nSPS) is 15.4. The third-order valence-electron chi connectivity index (χ3n) is 4.65. The summed E-state index contributed by atoms with van der Waals surface area (Å²) in [5, 5.41) is 2.64. The van der Waals surface area contributed by atoms with Gasteiger partial charge >= 0.3 is 0 Å². The lowest BCUT2D eigenvalue weighted by atomic mass is 10.2. The SMILES string of the molecule is CON(C)S(=O)(=O)c1cc(C(=O)NCCC(=O)N2CCCCCC2)ccc1Cl. The Balaban J connectivity index is 1.99. The van der Waals surface area contributed by atoms with Crippen molar-refractivity contribution < 1.29 is 22.8 Å². The molecule has 0 radical (unpaired) electrons. The first-order valence-corrected chi connectivity index (χ1v) is 11.0. The van der Waals surface area contributed by atoms with E-state index in [1.807, 2.05) is 4.90 Å². The van der Waals surface area contributed by atoms with Crippen molar-refractivity contribution in [1.82, 2.24) is 14.7 Å². The number of carbonyl (C=O) groups excluding carboxylic acids is 2. The summed E-state index contributed by atoms with van der Waals surface area (Å²) in [6.07, 6.45) is 4.50. The van der Waals surface area contributed by atoms with E-state index in [9.17, 15) is 18.0 Å². The summed E-state index contributed by atoms with van der Waals surface area (Å²) in [5.41, 5.74) is 0.134. The highest BCUT2D eigenvalue weighted by atomic mass is 35.5. The predicted molar refractivity (Wildman–Crippen MR) is 105 cm³/mol. The van der Waals surface area contributed by atoms with Crippen LogP contribution in [0, 0.1) is 0 Å². The first kappa shape index (κ1) is 22.6. The van der Waals surface area contributed by atoms with Gasteiger partial charge in [0.1, 0.15) is 4.90 Å². The van der Waals surface area contributed by atoms with Crippen molar-refractivity contribution in [3.8, 4) is 0 Å². The van der Waals surface area contributed by atoms with Crippen LogP contribution in [-0.4, -0.2) is 63.4 Å². The van der Waals surface area contributed by atoms with Gasteiger partial charge in [0.15, 0.2) is 0 Å². The number of carbonyl (C=O) groups is 2. The van der Waals surface area contributed by atoms with E-state index in [0.717, 1.165) is 38.8 Å². The largest absolute Gasteiger partial charge is 0.352 e. The van der Waals surface area contributed by atoms with Crippen molar-refractivity contribution in [2.24, 2.45) is 0 Å². The number of likely N-dealkylation sites (tertiary alicyclic amines) is 1. The molecule has 1 aliphatic heterocycles. The van der Waals surface area contributed by atoms with E-state index in [1.54, 1.807) is 0 Å². The lowest BCUT2D eigenvalue weighted by Crippen LogP contribution is -2.35. The second-order valence-electron chi connectivity index (χ2n) is 6.54. The van der Waals surface area contributed by atoms with E-state index in [4.69, 9.17) is 16.4 Å². The summed E-state index contributed by atoms with van der Waals surface area (Å²) >= 11 is 5.99. The van der Waals surface area contributed by atoms with Crippen LogP contribution in [0.2, 0.25) is 5.02 Å². The van der Waals surface area contributed by atoms with Gasteiger partial charge in [0.05, 0.1) is 12.1 Å². The van der Waals surface area contributed by atoms with E-state index in [1.165, 1.54) is 32.4 Å². The molecule has 0 unspecified atom stereocenters. The van der Waals surface area contributed by atoms with Crippen LogP contribution in [-0.2, 0) is 19.7 Å². The van der Waals surface area contributed by atoms with Crippen LogP contribution >= 0.6 is 11.6 Å². The van der Waals surface area contributed by atoms with E-state index in [-0.39, 0.29) is 34.4 Å². The number of halogens is 1. The zero-order chi connectivity index (χ0) is 20.7. The Morgan fingerprint density at radius 3 is 2.46 bits per heavy atom. The molecule has 10 heteroatoms. The maximum absolute atomic E-state index is 12.4.